The number of fused-ring (bicyclic) bond motifs is 1. The standard InChI is InChI=1S/C26H27FN4O5/c1-3-36-26(34)30-13-12-21-22(15-30)29-24(18-6-8-19(27)9-7-18)31(25(21)33)16-23(32)28-14-17-4-10-20(35-2)11-5-17/h4-11H,3,12-16H2,1-2H3,(H,28,32). The molecule has 0 bridgehead atoms. The lowest BCUT2D eigenvalue weighted by Crippen LogP contribution is -2.42. The van der Waals surface area contributed by atoms with Crippen molar-refractivity contribution in [2.75, 3.05) is 20.3 Å². The van der Waals surface area contributed by atoms with Crippen LogP contribution in [-0.2, 0) is 35.6 Å². The van der Waals surface area contributed by atoms with Gasteiger partial charge in [-0.3, -0.25) is 14.2 Å². The summed E-state index contributed by atoms with van der Waals surface area (Å²) in [7, 11) is 1.58. The van der Waals surface area contributed by atoms with Crippen LogP contribution in [-0.4, -0.2) is 46.7 Å². The van der Waals surface area contributed by atoms with Gasteiger partial charge >= 0.3 is 6.09 Å². The normalized spacial score (nSPS) is 12.6. The topological polar surface area (TPSA) is 103 Å². The zero-order valence-electron chi connectivity index (χ0n) is 20.1. The molecule has 4 rings (SSSR count). The van der Waals surface area contributed by atoms with Crippen LogP contribution < -0.4 is 15.6 Å². The minimum atomic E-state index is -0.477. The summed E-state index contributed by atoms with van der Waals surface area (Å²) < 4.78 is 25.1. The molecule has 1 aromatic heterocycles. The zero-order chi connectivity index (χ0) is 25.7. The lowest BCUT2D eigenvalue weighted by molar-refractivity contribution is -0.121. The molecule has 188 valence electrons. The Bertz CT molecular complexity index is 1310. The van der Waals surface area contributed by atoms with Gasteiger partial charge in [0.25, 0.3) is 5.56 Å². The fourth-order valence-electron chi connectivity index (χ4n) is 4.01. The Morgan fingerprint density at radius 3 is 2.50 bits per heavy atom. The molecule has 9 nitrogen and oxygen atoms in total. The highest BCUT2D eigenvalue weighted by Gasteiger charge is 2.27. The maximum absolute atomic E-state index is 13.6. The molecule has 0 saturated carbocycles. The van der Waals surface area contributed by atoms with Crippen LogP contribution in [0.3, 0.4) is 0 Å². The Kier molecular flexibility index (Phi) is 7.62. The van der Waals surface area contributed by atoms with Gasteiger partial charge in [-0.15, -0.1) is 0 Å². The Balaban J connectivity index is 1.62. The maximum atomic E-state index is 13.6. The Labute approximate surface area is 207 Å². The van der Waals surface area contributed by atoms with Crippen LogP contribution >= 0.6 is 0 Å². The number of amides is 2. The number of aromatic nitrogens is 2. The third-order valence-electron chi connectivity index (χ3n) is 5.90. The van der Waals surface area contributed by atoms with Gasteiger partial charge in [0.15, 0.2) is 0 Å². The molecule has 0 radical (unpaired) electrons. The molecule has 0 unspecified atom stereocenters. The van der Waals surface area contributed by atoms with E-state index in [0.29, 0.717) is 29.1 Å². The van der Waals surface area contributed by atoms with E-state index >= 15 is 0 Å². The summed E-state index contributed by atoms with van der Waals surface area (Å²) in [6.07, 6.45) is -0.188. The molecule has 10 heteroatoms. The molecule has 2 heterocycles. The number of ether oxygens (including phenoxy) is 2. The molecule has 3 aromatic rings. The van der Waals surface area contributed by atoms with E-state index < -0.39 is 11.9 Å². The monoisotopic (exact) mass is 494 g/mol. The molecule has 2 aromatic carbocycles. The molecule has 1 N–H and O–H groups in total. The summed E-state index contributed by atoms with van der Waals surface area (Å²) in [6.45, 7) is 2.40. The number of nitrogens with zero attached hydrogens (tertiary/aromatic N) is 3. The van der Waals surface area contributed by atoms with Gasteiger partial charge in [0.2, 0.25) is 5.91 Å². The summed E-state index contributed by atoms with van der Waals surface area (Å²) in [5, 5.41) is 2.82. The summed E-state index contributed by atoms with van der Waals surface area (Å²) in [6, 6.07) is 12.8. The van der Waals surface area contributed by atoms with Gasteiger partial charge in [-0.05, 0) is 55.3 Å². The van der Waals surface area contributed by atoms with E-state index in [1.165, 1.54) is 33.7 Å². The number of halogens is 1. The predicted molar refractivity (Wildman–Crippen MR) is 130 cm³/mol. The van der Waals surface area contributed by atoms with Crippen molar-refractivity contribution in [3.63, 3.8) is 0 Å². The fraction of sp³-hybridized carbons (Fsp3) is 0.308. The molecular weight excluding hydrogens is 467 g/mol. The van der Waals surface area contributed by atoms with Crippen molar-refractivity contribution in [3.8, 4) is 17.1 Å². The number of hydrogen-bond acceptors (Lipinski definition) is 6. The Hall–Kier alpha value is -4.21. The third kappa shape index (κ3) is 5.54. The van der Waals surface area contributed by atoms with Crippen molar-refractivity contribution >= 4 is 12.0 Å². The van der Waals surface area contributed by atoms with Gasteiger partial charge in [0.05, 0.1) is 26.0 Å². The Morgan fingerprint density at radius 2 is 1.83 bits per heavy atom. The summed E-state index contributed by atoms with van der Waals surface area (Å²) in [5.74, 6) is 0.129. The Morgan fingerprint density at radius 1 is 1.11 bits per heavy atom. The smallest absolute Gasteiger partial charge is 0.410 e. The van der Waals surface area contributed by atoms with E-state index in [1.54, 1.807) is 26.2 Å². The van der Waals surface area contributed by atoms with E-state index in [-0.39, 0.29) is 50.0 Å². The van der Waals surface area contributed by atoms with Gasteiger partial charge in [-0.2, -0.15) is 0 Å². The number of carbonyl (C=O) groups excluding carboxylic acids is 2. The number of methoxy groups -OCH3 is 1. The average molecular weight is 495 g/mol. The van der Waals surface area contributed by atoms with E-state index in [1.807, 2.05) is 12.1 Å². The molecule has 2 amide bonds. The largest absolute Gasteiger partial charge is 0.497 e. The number of nitrogens with one attached hydrogen (secondary N) is 1. The summed E-state index contributed by atoms with van der Waals surface area (Å²) in [5.41, 5.74) is 1.88. The van der Waals surface area contributed by atoms with Crippen molar-refractivity contribution < 1.29 is 23.5 Å². The van der Waals surface area contributed by atoms with Crippen LogP contribution in [0.25, 0.3) is 11.4 Å². The average Bonchev–Trinajstić information content (AvgIpc) is 2.89. The number of carbonyl (C=O) groups is 2. The van der Waals surface area contributed by atoms with Gasteiger partial charge < -0.3 is 19.7 Å². The molecule has 0 aliphatic carbocycles. The van der Waals surface area contributed by atoms with Crippen LogP contribution in [0.4, 0.5) is 9.18 Å². The van der Waals surface area contributed by atoms with E-state index in [0.717, 1.165) is 5.56 Å². The van der Waals surface area contributed by atoms with Crippen LogP contribution in [0, 0.1) is 5.82 Å². The first-order valence-electron chi connectivity index (χ1n) is 11.6. The highest BCUT2D eigenvalue weighted by Crippen LogP contribution is 2.22. The van der Waals surface area contributed by atoms with Crippen LogP contribution in [0.2, 0.25) is 0 Å². The minimum absolute atomic E-state index is 0.113. The van der Waals surface area contributed by atoms with E-state index in [9.17, 15) is 18.8 Å². The summed E-state index contributed by atoms with van der Waals surface area (Å²) in [4.78, 5) is 44.7. The van der Waals surface area contributed by atoms with Crippen molar-refractivity contribution in [1.29, 1.82) is 0 Å². The van der Waals surface area contributed by atoms with E-state index in [2.05, 4.69) is 10.3 Å². The number of hydrogen-bond donors (Lipinski definition) is 1. The lowest BCUT2D eigenvalue weighted by Gasteiger charge is -2.28. The molecule has 1 aliphatic rings. The molecule has 0 fully saturated rings. The highest BCUT2D eigenvalue weighted by molar-refractivity contribution is 5.76. The number of benzene rings is 2. The highest BCUT2D eigenvalue weighted by atomic mass is 19.1. The van der Waals surface area contributed by atoms with Crippen LogP contribution in [0.15, 0.2) is 53.3 Å². The molecule has 36 heavy (non-hydrogen) atoms. The minimum Gasteiger partial charge on any atom is -0.497 e. The first-order valence-corrected chi connectivity index (χ1v) is 11.6. The molecular formula is C26H27FN4O5. The van der Waals surface area contributed by atoms with Crippen molar-refractivity contribution in [3.05, 3.63) is 81.5 Å². The molecule has 1 aliphatic heterocycles. The fourth-order valence-corrected chi connectivity index (χ4v) is 4.01. The second-order valence-electron chi connectivity index (χ2n) is 8.25. The quantitative estimate of drug-likeness (QED) is 0.542. The number of rotatable bonds is 7. The van der Waals surface area contributed by atoms with Gasteiger partial charge in [0.1, 0.15) is 23.9 Å². The third-order valence-corrected chi connectivity index (χ3v) is 5.90. The zero-order valence-corrected chi connectivity index (χ0v) is 20.1. The lowest BCUT2D eigenvalue weighted by atomic mass is 10.1. The second-order valence-corrected chi connectivity index (χ2v) is 8.25. The maximum Gasteiger partial charge on any atom is 0.410 e. The van der Waals surface area contributed by atoms with Crippen LogP contribution in [0.5, 0.6) is 5.75 Å². The first kappa shape index (κ1) is 24.9. The van der Waals surface area contributed by atoms with Crippen molar-refractivity contribution in [2.24, 2.45) is 0 Å². The van der Waals surface area contributed by atoms with Gasteiger partial charge in [0, 0.05) is 24.2 Å². The molecule has 0 atom stereocenters. The van der Waals surface area contributed by atoms with Gasteiger partial charge in [-0.1, -0.05) is 12.1 Å². The summed E-state index contributed by atoms with van der Waals surface area (Å²) >= 11 is 0. The second kappa shape index (κ2) is 11.0. The SMILES string of the molecule is CCOC(=O)N1CCc2c(nc(-c3ccc(F)cc3)n(CC(=O)NCc3ccc(OC)cc3)c2=O)C1. The molecule has 0 saturated heterocycles. The van der Waals surface area contributed by atoms with Crippen molar-refractivity contribution in [2.45, 2.75) is 33.0 Å². The predicted octanol–water partition coefficient (Wildman–Crippen LogP) is 2.89. The van der Waals surface area contributed by atoms with Gasteiger partial charge in [-0.25, -0.2) is 14.2 Å². The first-order chi connectivity index (χ1) is 17.4. The molecule has 0 spiro atoms. The van der Waals surface area contributed by atoms with E-state index in [4.69, 9.17) is 9.47 Å². The van der Waals surface area contributed by atoms with Crippen LogP contribution in [0.1, 0.15) is 23.7 Å². The van der Waals surface area contributed by atoms with Crippen molar-refractivity contribution in [1.82, 2.24) is 19.8 Å².